The van der Waals surface area contributed by atoms with Crippen molar-refractivity contribution in [1.29, 1.82) is 0 Å². The van der Waals surface area contributed by atoms with Crippen molar-refractivity contribution in [2.24, 2.45) is 0 Å². The Morgan fingerprint density at radius 1 is 1.29 bits per heavy atom. The highest BCUT2D eigenvalue weighted by Crippen LogP contribution is 2.16. The van der Waals surface area contributed by atoms with Crippen molar-refractivity contribution < 1.29 is 14.3 Å². The molecule has 0 unspecified atom stereocenters. The van der Waals surface area contributed by atoms with Crippen LogP contribution in [0.25, 0.3) is 0 Å². The lowest BCUT2D eigenvalue weighted by Crippen LogP contribution is -2.35. The Morgan fingerprint density at radius 3 is 2.41 bits per heavy atom. The lowest BCUT2D eigenvalue weighted by atomic mass is 10.2. The molecule has 1 aromatic carbocycles. The zero-order valence-electron chi connectivity index (χ0n) is 10.5. The number of benzene rings is 1. The fraction of sp³-hybridized carbons (Fsp3) is 0.462. The van der Waals surface area contributed by atoms with E-state index in [4.69, 9.17) is 9.47 Å². The minimum absolute atomic E-state index is 0.0384. The van der Waals surface area contributed by atoms with Gasteiger partial charge >= 0.3 is 0 Å². The van der Waals surface area contributed by atoms with Crippen molar-refractivity contribution in [2.75, 3.05) is 13.7 Å². The number of methoxy groups -OCH3 is 1. The van der Waals surface area contributed by atoms with E-state index in [0.717, 1.165) is 12.2 Å². The standard InChI is InChI=1S/C13H19NO3/c1-4-10(2)14-13(15)9-17-12-7-5-11(16-3)6-8-12/h5-8,10H,4,9H2,1-3H3,(H,14,15)/t10-/m1/s1. The summed E-state index contributed by atoms with van der Waals surface area (Å²) in [5, 5.41) is 2.83. The SMILES string of the molecule is CC[C@@H](C)NC(=O)COc1ccc(OC)cc1. The molecular formula is C13H19NO3. The van der Waals surface area contributed by atoms with Gasteiger partial charge in [0.15, 0.2) is 6.61 Å². The van der Waals surface area contributed by atoms with Crippen molar-refractivity contribution in [1.82, 2.24) is 5.32 Å². The molecule has 1 aromatic rings. The largest absolute Gasteiger partial charge is 0.497 e. The topological polar surface area (TPSA) is 47.6 Å². The highest BCUT2D eigenvalue weighted by molar-refractivity contribution is 5.77. The first kappa shape index (κ1) is 13.4. The molecule has 1 amide bonds. The lowest BCUT2D eigenvalue weighted by molar-refractivity contribution is -0.123. The molecule has 0 heterocycles. The van der Waals surface area contributed by atoms with Crippen molar-refractivity contribution >= 4 is 5.91 Å². The van der Waals surface area contributed by atoms with E-state index in [1.165, 1.54) is 0 Å². The lowest BCUT2D eigenvalue weighted by Gasteiger charge is -2.12. The van der Waals surface area contributed by atoms with Gasteiger partial charge in [-0.1, -0.05) is 6.92 Å². The molecule has 0 saturated carbocycles. The molecular weight excluding hydrogens is 218 g/mol. The second-order valence-corrected chi connectivity index (χ2v) is 3.84. The Kier molecular flexibility index (Phi) is 5.33. The monoisotopic (exact) mass is 237 g/mol. The van der Waals surface area contributed by atoms with Crippen molar-refractivity contribution in [3.8, 4) is 11.5 Å². The molecule has 1 atom stereocenters. The van der Waals surface area contributed by atoms with Gasteiger partial charge in [-0.15, -0.1) is 0 Å². The number of nitrogens with one attached hydrogen (secondary N) is 1. The number of carbonyl (C=O) groups excluding carboxylic acids is 1. The average Bonchev–Trinajstić information content (AvgIpc) is 2.36. The number of hydrogen-bond donors (Lipinski definition) is 1. The Balaban J connectivity index is 2.36. The summed E-state index contributed by atoms with van der Waals surface area (Å²) in [5.74, 6) is 1.32. The normalized spacial score (nSPS) is 11.7. The second kappa shape index (κ2) is 6.78. The van der Waals surface area contributed by atoms with Crippen LogP contribution < -0.4 is 14.8 Å². The summed E-state index contributed by atoms with van der Waals surface area (Å²) in [6, 6.07) is 7.32. The number of rotatable bonds is 6. The highest BCUT2D eigenvalue weighted by atomic mass is 16.5. The molecule has 0 bridgehead atoms. The summed E-state index contributed by atoms with van der Waals surface area (Å²) < 4.78 is 10.4. The van der Waals surface area contributed by atoms with Gasteiger partial charge in [-0.2, -0.15) is 0 Å². The van der Waals surface area contributed by atoms with Crippen molar-refractivity contribution in [2.45, 2.75) is 26.3 Å². The van der Waals surface area contributed by atoms with Crippen LogP contribution in [0.5, 0.6) is 11.5 Å². The number of amides is 1. The molecule has 0 aliphatic heterocycles. The minimum Gasteiger partial charge on any atom is -0.497 e. The van der Waals surface area contributed by atoms with Gasteiger partial charge in [0.25, 0.3) is 5.91 Å². The Morgan fingerprint density at radius 2 is 1.88 bits per heavy atom. The van der Waals surface area contributed by atoms with E-state index in [1.807, 2.05) is 13.8 Å². The van der Waals surface area contributed by atoms with Crippen LogP contribution in [0.2, 0.25) is 0 Å². The quantitative estimate of drug-likeness (QED) is 0.823. The third kappa shape index (κ3) is 4.76. The van der Waals surface area contributed by atoms with Crippen LogP contribution in [0.1, 0.15) is 20.3 Å². The van der Waals surface area contributed by atoms with Gasteiger partial charge in [-0.3, -0.25) is 4.79 Å². The number of hydrogen-bond acceptors (Lipinski definition) is 3. The van der Waals surface area contributed by atoms with E-state index in [0.29, 0.717) is 5.75 Å². The second-order valence-electron chi connectivity index (χ2n) is 3.84. The third-order valence-corrected chi connectivity index (χ3v) is 2.45. The van der Waals surface area contributed by atoms with E-state index in [1.54, 1.807) is 31.4 Å². The zero-order valence-corrected chi connectivity index (χ0v) is 10.5. The van der Waals surface area contributed by atoms with E-state index in [-0.39, 0.29) is 18.6 Å². The maximum atomic E-state index is 11.4. The molecule has 0 aromatic heterocycles. The fourth-order valence-corrected chi connectivity index (χ4v) is 1.24. The summed E-state index contributed by atoms with van der Waals surface area (Å²) in [4.78, 5) is 11.4. The fourth-order valence-electron chi connectivity index (χ4n) is 1.24. The number of carbonyl (C=O) groups is 1. The molecule has 4 nitrogen and oxygen atoms in total. The molecule has 0 aliphatic rings. The van der Waals surface area contributed by atoms with Crippen LogP contribution in [0.4, 0.5) is 0 Å². The molecule has 94 valence electrons. The third-order valence-electron chi connectivity index (χ3n) is 2.45. The molecule has 0 spiro atoms. The summed E-state index contributed by atoms with van der Waals surface area (Å²) in [5.41, 5.74) is 0. The molecule has 0 fully saturated rings. The average molecular weight is 237 g/mol. The summed E-state index contributed by atoms with van der Waals surface area (Å²) >= 11 is 0. The van der Waals surface area contributed by atoms with Crippen LogP contribution >= 0.6 is 0 Å². The van der Waals surface area contributed by atoms with Crippen LogP contribution in [0, 0.1) is 0 Å². The van der Waals surface area contributed by atoms with Crippen molar-refractivity contribution in [3.05, 3.63) is 24.3 Å². The Labute approximate surface area is 102 Å². The molecule has 0 aliphatic carbocycles. The van der Waals surface area contributed by atoms with E-state index in [9.17, 15) is 4.79 Å². The molecule has 17 heavy (non-hydrogen) atoms. The van der Waals surface area contributed by atoms with Gasteiger partial charge in [-0.05, 0) is 37.6 Å². The van der Waals surface area contributed by atoms with Crippen LogP contribution in [-0.2, 0) is 4.79 Å². The van der Waals surface area contributed by atoms with Gasteiger partial charge in [0, 0.05) is 6.04 Å². The molecule has 0 saturated heterocycles. The predicted molar refractivity (Wildman–Crippen MR) is 66.4 cm³/mol. The predicted octanol–water partition coefficient (Wildman–Crippen LogP) is 1.99. The first-order valence-electron chi connectivity index (χ1n) is 5.72. The molecule has 1 N–H and O–H groups in total. The van der Waals surface area contributed by atoms with Gasteiger partial charge in [0.05, 0.1) is 7.11 Å². The van der Waals surface area contributed by atoms with Crippen molar-refractivity contribution in [3.63, 3.8) is 0 Å². The summed E-state index contributed by atoms with van der Waals surface area (Å²) in [6.45, 7) is 4.03. The minimum atomic E-state index is -0.102. The maximum absolute atomic E-state index is 11.4. The van der Waals surface area contributed by atoms with Gasteiger partial charge < -0.3 is 14.8 Å². The smallest absolute Gasteiger partial charge is 0.258 e. The first-order valence-corrected chi connectivity index (χ1v) is 5.72. The van der Waals surface area contributed by atoms with E-state index in [2.05, 4.69) is 5.32 Å². The maximum Gasteiger partial charge on any atom is 0.258 e. The Bertz CT molecular complexity index is 348. The molecule has 4 heteroatoms. The van der Waals surface area contributed by atoms with Crippen LogP contribution in [-0.4, -0.2) is 25.7 Å². The number of ether oxygens (including phenoxy) is 2. The van der Waals surface area contributed by atoms with E-state index < -0.39 is 0 Å². The van der Waals surface area contributed by atoms with Crippen LogP contribution in [0.15, 0.2) is 24.3 Å². The highest BCUT2D eigenvalue weighted by Gasteiger charge is 2.06. The summed E-state index contributed by atoms with van der Waals surface area (Å²) in [7, 11) is 1.61. The zero-order chi connectivity index (χ0) is 12.7. The molecule has 0 radical (unpaired) electrons. The van der Waals surface area contributed by atoms with Crippen LogP contribution in [0.3, 0.4) is 0 Å². The van der Waals surface area contributed by atoms with E-state index >= 15 is 0 Å². The Hall–Kier alpha value is -1.71. The van der Waals surface area contributed by atoms with Gasteiger partial charge in [0.2, 0.25) is 0 Å². The molecule has 1 rings (SSSR count). The first-order chi connectivity index (χ1) is 8.15. The van der Waals surface area contributed by atoms with Gasteiger partial charge in [0.1, 0.15) is 11.5 Å². The summed E-state index contributed by atoms with van der Waals surface area (Å²) in [6.07, 6.45) is 0.911. The van der Waals surface area contributed by atoms with Gasteiger partial charge in [-0.25, -0.2) is 0 Å².